The minimum atomic E-state index is 0.853. The van der Waals surface area contributed by atoms with Gasteiger partial charge in [-0.3, -0.25) is 0 Å². The molecule has 15 heavy (non-hydrogen) atoms. The van der Waals surface area contributed by atoms with Crippen molar-refractivity contribution >= 4 is 11.3 Å². The normalized spacial score (nSPS) is 18.2. The molecule has 1 aliphatic rings. The third-order valence-electron chi connectivity index (χ3n) is 2.86. The minimum absolute atomic E-state index is 0.853. The van der Waals surface area contributed by atoms with Gasteiger partial charge in [0.15, 0.2) is 0 Å². The predicted octanol–water partition coefficient (Wildman–Crippen LogP) is 1.54. The maximum Gasteiger partial charge on any atom is 0.0897 e. The Hall–Kier alpha value is -0.450. The third-order valence-corrected chi connectivity index (χ3v) is 3.69. The highest BCUT2D eigenvalue weighted by molar-refractivity contribution is 7.09. The van der Waals surface area contributed by atoms with Gasteiger partial charge >= 0.3 is 0 Å². The molecule has 84 valence electrons. The molecule has 1 aromatic rings. The number of aromatic nitrogens is 1. The van der Waals surface area contributed by atoms with Crippen LogP contribution in [0.15, 0.2) is 5.38 Å². The molecule has 4 heteroatoms. The van der Waals surface area contributed by atoms with Crippen molar-refractivity contribution in [3.05, 3.63) is 16.1 Å². The van der Waals surface area contributed by atoms with Gasteiger partial charge in [0.25, 0.3) is 0 Å². The van der Waals surface area contributed by atoms with Crippen molar-refractivity contribution in [2.24, 2.45) is 5.92 Å². The van der Waals surface area contributed by atoms with Gasteiger partial charge in [-0.05, 0) is 45.3 Å². The molecule has 1 saturated heterocycles. The zero-order valence-electron chi connectivity index (χ0n) is 9.25. The van der Waals surface area contributed by atoms with Crippen LogP contribution < -0.4 is 10.6 Å². The first-order valence-electron chi connectivity index (χ1n) is 5.67. The van der Waals surface area contributed by atoms with Crippen LogP contribution in [0.3, 0.4) is 0 Å². The van der Waals surface area contributed by atoms with Crippen molar-refractivity contribution in [2.75, 3.05) is 19.6 Å². The lowest BCUT2D eigenvalue weighted by Gasteiger charge is -2.22. The molecule has 0 unspecified atom stereocenters. The first kappa shape index (κ1) is 11.0. The van der Waals surface area contributed by atoms with Crippen molar-refractivity contribution in [3.8, 4) is 0 Å². The number of rotatable bonds is 4. The van der Waals surface area contributed by atoms with Gasteiger partial charge in [0, 0.05) is 11.9 Å². The number of hydrogen-bond acceptors (Lipinski definition) is 4. The molecule has 1 fully saturated rings. The van der Waals surface area contributed by atoms with Crippen molar-refractivity contribution in [3.63, 3.8) is 0 Å². The van der Waals surface area contributed by atoms with Gasteiger partial charge in [-0.2, -0.15) is 0 Å². The lowest BCUT2D eigenvalue weighted by molar-refractivity contribution is 0.356. The van der Waals surface area contributed by atoms with E-state index in [1.54, 1.807) is 11.3 Å². The summed E-state index contributed by atoms with van der Waals surface area (Å²) >= 11 is 1.73. The maximum atomic E-state index is 4.44. The Morgan fingerprint density at radius 1 is 1.53 bits per heavy atom. The second-order valence-corrected chi connectivity index (χ2v) is 5.24. The summed E-state index contributed by atoms with van der Waals surface area (Å²) < 4.78 is 0. The van der Waals surface area contributed by atoms with Crippen LogP contribution in [0, 0.1) is 12.8 Å². The summed E-state index contributed by atoms with van der Waals surface area (Å²) in [6, 6.07) is 0. The number of piperidine rings is 1. The van der Waals surface area contributed by atoms with Crippen LogP contribution in [-0.4, -0.2) is 24.6 Å². The first-order valence-corrected chi connectivity index (χ1v) is 6.55. The summed E-state index contributed by atoms with van der Waals surface area (Å²) in [5, 5.41) is 10.2. The second kappa shape index (κ2) is 5.58. The summed E-state index contributed by atoms with van der Waals surface area (Å²) in [6.07, 6.45) is 2.62. The molecular weight excluding hydrogens is 206 g/mol. The Morgan fingerprint density at radius 3 is 3.00 bits per heavy atom. The fourth-order valence-corrected chi connectivity index (χ4v) is 2.59. The van der Waals surface area contributed by atoms with Crippen LogP contribution in [0.25, 0.3) is 0 Å². The highest BCUT2D eigenvalue weighted by Gasteiger charge is 2.12. The second-order valence-electron chi connectivity index (χ2n) is 4.18. The number of nitrogens with one attached hydrogen (secondary N) is 2. The molecule has 0 amide bonds. The fourth-order valence-electron chi connectivity index (χ4n) is 1.98. The van der Waals surface area contributed by atoms with E-state index in [1.165, 1.54) is 31.6 Å². The summed E-state index contributed by atoms with van der Waals surface area (Å²) in [5.74, 6) is 0.853. The molecule has 1 aliphatic heterocycles. The summed E-state index contributed by atoms with van der Waals surface area (Å²) in [7, 11) is 0. The van der Waals surface area contributed by atoms with Gasteiger partial charge in [-0.25, -0.2) is 4.98 Å². The zero-order chi connectivity index (χ0) is 10.5. The Bertz CT molecular complexity index is 292. The van der Waals surface area contributed by atoms with Gasteiger partial charge in [-0.1, -0.05) is 0 Å². The quantitative estimate of drug-likeness (QED) is 0.816. The monoisotopic (exact) mass is 225 g/mol. The largest absolute Gasteiger partial charge is 0.317 e. The highest BCUT2D eigenvalue weighted by atomic mass is 32.1. The Labute approximate surface area is 95.3 Å². The highest BCUT2D eigenvalue weighted by Crippen LogP contribution is 2.11. The molecule has 0 spiro atoms. The van der Waals surface area contributed by atoms with Gasteiger partial charge in [0.1, 0.15) is 0 Å². The predicted molar refractivity (Wildman–Crippen MR) is 64.2 cm³/mol. The molecule has 2 rings (SSSR count). The zero-order valence-corrected chi connectivity index (χ0v) is 10.1. The summed E-state index contributed by atoms with van der Waals surface area (Å²) in [6.45, 7) is 6.48. The summed E-state index contributed by atoms with van der Waals surface area (Å²) in [4.78, 5) is 4.44. The lowest BCUT2D eigenvalue weighted by atomic mass is 9.98. The summed E-state index contributed by atoms with van der Waals surface area (Å²) in [5.41, 5.74) is 1.19. The third kappa shape index (κ3) is 3.55. The Morgan fingerprint density at radius 2 is 2.33 bits per heavy atom. The van der Waals surface area contributed by atoms with Crippen molar-refractivity contribution in [1.82, 2.24) is 15.6 Å². The van der Waals surface area contributed by atoms with Gasteiger partial charge in [0.05, 0.1) is 10.7 Å². The molecule has 0 bridgehead atoms. The Balaban J connectivity index is 1.65. The van der Waals surface area contributed by atoms with Crippen molar-refractivity contribution in [1.29, 1.82) is 0 Å². The molecule has 2 heterocycles. The van der Waals surface area contributed by atoms with E-state index in [-0.39, 0.29) is 0 Å². The van der Waals surface area contributed by atoms with Crippen molar-refractivity contribution < 1.29 is 0 Å². The van der Waals surface area contributed by atoms with E-state index in [2.05, 4.69) is 27.9 Å². The topological polar surface area (TPSA) is 37.0 Å². The van der Waals surface area contributed by atoms with E-state index in [4.69, 9.17) is 0 Å². The number of nitrogens with zero attached hydrogens (tertiary/aromatic N) is 1. The van der Waals surface area contributed by atoms with E-state index in [9.17, 15) is 0 Å². The molecule has 3 nitrogen and oxygen atoms in total. The lowest BCUT2D eigenvalue weighted by Crippen LogP contribution is -2.33. The fraction of sp³-hybridized carbons (Fsp3) is 0.727. The van der Waals surface area contributed by atoms with E-state index >= 15 is 0 Å². The molecule has 0 aliphatic carbocycles. The SMILES string of the molecule is Cc1nc(CNCC2CCNCC2)cs1. The molecule has 0 atom stereocenters. The van der Waals surface area contributed by atoms with Gasteiger partial charge < -0.3 is 10.6 Å². The first-order chi connectivity index (χ1) is 7.34. The van der Waals surface area contributed by atoms with Crippen LogP contribution in [0.4, 0.5) is 0 Å². The molecule has 0 aromatic carbocycles. The van der Waals surface area contributed by atoms with E-state index in [0.29, 0.717) is 0 Å². The molecule has 0 saturated carbocycles. The number of hydrogen-bond donors (Lipinski definition) is 2. The molecule has 1 aromatic heterocycles. The van der Waals surface area contributed by atoms with E-state index in [0.717, 1.165) is 24.0 Å². The number of aryl methyl sites for hydroxylation is 1. The average molecular weight is 225 g/mol. The van der Waals surface area contributed by atoms with Crippen LogP contribution in [-0.2, 0) is 6.54 Å². The van der Waals surface area contributed by atoms with Gasteiger partial charge in [0.2, 0.25) is 0 Å². The van der Waals surface area contributed by atoms with Crippen LogP contribution >= 0.6 is 11.3 Å². The van der Waals surface area contributed by atoms with Crippen molar-refractivity contribution in [2.45, 2.75) is 26.3 Å². The molecule has 0 radical (unpaired) electrons. The molecule has 2 N–H and O–H groups in total. The average Bonchev–Trinajstić information content (AvgIpc) is 2.66. The van der Waals surface area contributed by atoms with E-state index in [1.807, 2.05) is 0 Å². The van der Waals surface area contributed by atoms with Crippen LogP contribution in [0.2, 0.25) is 0 Å². The minimum Gasteiger partial charge on any atom is -0.317 e. The van der Waals surface area contributed by atoms with Crippen LogP contribution in [0.1, 0.15) is 23.5 Å². The smallest absolute Gasteiger partial charge is 0.0897 e. The van der Waals surface area contributed by atoms with E-state index < -0.39 is 0 Å². The van der Waals surface area contributed by atoms with Gasteiger partial charge in [-0.15, -0.1) is 11.3 Å². The maximum absolute atomic E-state index is 4.44. The standard InChI is InChI=1S/C11H19N3S/c1-9-14-11(8-15-9)7-13-6-10-2-4-12-5-3-10/h8,10,12-13H,2-7H2,1H3. The van der Waals surface area contributed by atoms with Crippen LogP contribution in [0.5, 0.6) is 0 Å². The molecular formula is C11H19N3S. The number of thiazole rings is 1. The Kier molecular flexibility index (Phi) is 4.11.